The Balaban J connectivity index is 0.000000316. The molecule has 0 heterocycles. The van der Waals surface area contributed by atoms with Gasteiger partial charge >= 0.3 is 11.9 Å². The standard InChI is InChI=1S/C11H14ClNO2.C11H16ClN.C10H12ClNO2/c1-13(2)10(11(14)15)7-8-3-5-9(12)6-4-8;1-9(13(2)3)8-10-4-6-11(12)7-5-10;1-12-9(10(13)14)6-7-2-4-8(11)5-3-7/h3-6,10H,7H2,1-2H3,(H,14,15);4-7,9H,8H2,1-3H3;2-5,9,12H,6H2,1H3,(H,13,14)/t10-;2*9-/m010/s1. The number of rotatable bonds is 11. The molecule has 3 aromatic rings. The van der Waals surface area contributed by atoms with Gasteiger partial charge in [0.05, 0.1) is 0 Å². The van der Waals surface area contributed by atoms with Crippen molar-refractivity contribution in [1.29, 1.82) is 0 Å². The van der Waals surface area contributed by atoms with Crippen LogP contribution in [0.25, 0.3) is 0 Å². The number of nitrogens with one attached hydrogen (secondary N) is 1. The fourth-order valence-corrected chi connectivity index (χ4v) is 4.03. The van der Waals surface area contributed by atoms with Crippen LogP contribution in [0.2, 0.25) is 15.1 Å². The minimum absolute atomic E-state index is 0.461. The van der Waals surface area contributed by atoms with Crippen LogP contribution < -0.4 is 5.32 Å². The molecule has 0 aliphatic carbocycles. The largest absolute Gasteiger partial charge is 0.480 e. The highest BCUT2D eigenvalue weighted by atomic mass is 35.5. The van der Waals surface area contributed by atoms with Crippen LogP contribution in [0.3, 0.4) is 0 Å². The Morgan fingerprint density at radius 3 is 1.29 bits per heavy atom. The van der Waals surface area contributed by atoms with E-state index in [9.17, 15) is 9.59 Å². The lowest BCUT2D eigenvalue weighted by Crippen LogP contribution is -2.37. The number of halogens is 3. The molecule has 230 valence electrons. The van der Waals surface area contributed by atoms with Crippen LogP contribution in [0.4, 0.5) is 0 Å². The van der Waals surface area contributed by atoms with E-state index in [0.717, 1.165) is 22.6 Å². The summed E-state index contributed by atoms with van der Waals surface area (Å²) in [5.41, 5.74) is 3.27. The molecule has 0 unspecified atom stereocenters. The first-order valence-electron chi connectivity index (χ1n) is 13.4. The third-order valence-corrected chi connectivity index (χ3v) is 7.33. The Morgan fingerprint density at radius 2 is 1.00 bits per heavy atom. The number of hydrogen-bond donors (Lipinski definition) is 3. The summed E-state index contributed by atoms with van der Waals surface area (Å²) in [7, 11) is 9.35. The van der Waals surface area contributed by atoms with Gasteiger partial charge in [-0.3, -0.25) is 14.5 Å². The van der Waals surface area contributed by atoms with E-state index in [2.05, 4.69) is 43.4 Å². The van der Waals surface area contributed by atoms with Crippen molar-refractivity contribution < 1.29 is 19.8 Å². The molecule has 0 fully saturated rings. The molecule has 0 spiro atoms. The molecule has 0 bridgehead atoms. The summed E-state index contributed by atoms with van der Waals surface area (Å²) in [6.07, 6.45) is 2.02. The van der Waals surface area contributed by atoms with Crippen molar-refractivity contribution in [1.82, 2.24) is 15.1 Å². The van der Waals surface area contributed by atoms with E-state index in [0.29, 0.717) is 28.9 Å². The van der Waals surface area contributed by atoms with Crippen LogP contribution in [-0.4, -0.2) is 85.3 Å². The molecule has 10 heteroatoms. The van der Waals surface area contributed by atoms with E-state index in [1.165, 1.54) is 5.56 Å². The highest BCUT2D eigenvalue weighted by molar-refractivity contribution is 6.31. The quantitative estimate of drug-likeness (QED) is 0.228. The van der Waals surface area contributed by atoms with E-state index in [1.807, 2.05) is 36.4 Å². The first-order valence-corrected chi connectivity index (χ1v) is 14.6. The van der Waals surface area contributed by atoms with Gasteiger partial charge in [-0.2, -0.15) is 0 Å². The van der Waals surface area contributed by atoms with Crippen molar-refractivity contribution >= 4 is 46.7 Å². The fourth-order valence-electron chi connectivity index (χ4n) is 3.65. The van der Waals surface area contributed by atoms with Crippen molar-refractivity contribution in [3.63, 3.8) is 0 Å². The molecular formula is C32H42Cl3N3O4. The smallest absolute Gasteiger partial charge is 0.321 e. The molecule has 3 aromatic carbocycles. The molecule has 3 rings (SSSR count). The molecule has 0 aromatic heterocycles. The fraction of sp³-hybridized carbons (Fsp3) is 0.375. The normalized spacial score (nSPS) is 12.8. The van der Waals surface area contributed by atoms with Crippen LogP contribution in [0.1, 0.15) is 23.6 Å². The lowest BCUT2D eigenvalue weighted by molar-refractivity contribution is -0.142. The van der Waals surface area contributed by atoms with E-state index >= 15 is 0 Å². The second-order valence-electron chi connectivity index (χ2n) is 10.3. The highest BCUT2D eigenvalue weighted by Gasteiger charge is 2.20. The second kappa shape index (κ2) is 19.5. The molecule has 7 nitrogen and oxygen atoms in total. The Bertz CT molecular complexity index is 1210. The van der Waals surface area contributed by atoms with Crippen molar-refractivity contribution in [2.75, 3.05) is 35.2 Å². The van der Waals surface area contributed by atoms with Gasteiger partial charge in [0.1, 0.15) is 12.1 Å². The van der Waals surface area contributed by atoms with Crippen LogP contribution in [-0.2, 0) is 28.9 Å². The third kappa shape index (κ3) is 15.0. The van der Waals surface area contributed by atoms with E-state index < -0.39 is 24.0 Å². The van der Waals surface area contributed by atoms with Crippen molar-refractivity contribution in [2.45, 2.75) is 44.3 Å². The number of carboxylic acid groups (broad SMARTS) is 2. The predicted octanol–water partition coefficient (Wildman–Crippen LogP) is 6.29. The third-order valence-electron chi connectivity index (χ3n) is 6.58. The zero-order chi connectivity index (χ0) is 31.8. The zero-order valence-electron chi connectivity index (χ0n) is 25.0. The maximum Gasteiger partial charge on any atom is 0.321 e. The molecule has 0 aliphatic rings. The minimum Gasteiger partial charge on any atom is -0.480 e. The molecule has 0 aliphatic heterocycles. The molecule has 0 amide bonds. The van der Waals surface area contributed by atoms with E-state index in [1.54, 1.807) is 50.3 Å². The summed E-state index contributed by atoms with van der Waals surface area (Å²) in [6.45, 7) is 2.22. The summed E-state index contributed by atoms with van der Waals surface area (Å²) in [4.78, 5) is 25.6. The number of aliphatic carboxylic acids is 2. The van der Waals surface area contributed by atoms with Gasteiger partial charge in [0.25, 0.3) is 0 Å². The molecule has 0 radical (unpaired) electrons. The number of benzene rings is 3. The van der Waals surface area contributed by atoms with Crippen molar-refractivity contribution in [3.05, 3.63) is 105 Å². The topological polar surface area (TPSA) is 93.1 Å². The van der Waals surface area contributed by atoms with Crippen LogP contribution in [0, 0.1) is 0 Å². The van der Waals surface area contributed by atoms with Crippen molar-refractivity contribution in [3.8, 4) is 0 Å². The first-order chi connectivity index (χ1) is 19.7. The molecule has 0 saturated carbocycles. The Labute approximate surface area is 265 Å². The molecule has 0 saturated heterocycles. The summed E-state index contributed by atoms with van der Waals surface area (Å²) in [6, 6.07) is 22.0. The van der Waals surface area contributed by atoms with Gasteiger partial charge in [-0.1, -0.05) is 71.2 Å². The summed E-state index contributed by atoms with van der Waals surface area (Å²) in [5, 5.41) is 22.7. The average molecular weight is 639 g/mol. The number of hydrogen-bond acceptors (Lipinski definition) is 5. The Morgan fingerprint density at radius 1 is 0.643 bits per heavy atom. The first kappa shape index (κ1) is 37.4. The number of likely N-dealkylation sites (N-methyl/N-ethyl adjacent to an activating group) is 3. The lowest BCUT2D eigenvalue weighted by Gasteiger charge is -2.19. The SMILES string of the molecule is CN(C)[C@@H](Cc1ccc(Cl)cc1)C(=O)O.CN[C@@H](Cc1ccc(Cl)cc1)C(=O)O.C[C@H](Cc1ccc(Cl)cc1)N(C)C. The van der Waals surface area contributed by atoms with Crippen LogP contribution in [0.5, 0.6) is 0 Å². The molecule has 42 heavy (non-hydrogen) atoms. The lowest BCUT2D eigenvalue weighted by atomic mass is 10.1. The number of carbonyl (C=O) groups is 2. The molecular weight excluding hydrogens is 597 g/mol. The zero-order valence-corrected chi connectivity index (χ0v) is 27.3. The predicted molar refractivity (Wildman–Crippen MR) is 174 cm³/mol. The van der Waals surface area contributed by atoms with Gasteiger partial charge in [-0.15, -0.1) is 0 Å². The van der Waals surface area contributed by atoms with Crippen molar-refractivity contribution in [2.24, 2.45) is 0 Å². The van der Waals surface area contributed by atoms with Crippen LogP contribution >= 0.6 is 34.8 Å². The van der Waals surface area contributed by atoms with Gasteiger partial charge in [-0.25, -0.2) is 0 Å². The Kier molecular flexibility index (Phi) is 17.4. The summed E-state index contributed by atoms with van der Waals surface area (Å²) < 4.78 is 0. The maximum absolute atomic E-state index is 10.9. The van der Waals surface area contributed by atoms with Gasteiger partial charge < -0.3 is 20.4 Å². The summed E-state index contributed by atoms with van der Waals surface area (Å²) >= 11 is 17.3. The maximum atomic E-state index is 10.9. The minimum atomic E-state index is -0.845. The van der Waals surface area contributed by atoms with Crippen LogP contribution in [0.15, 0.2) is 72.8 Å². The van der Waals surface area contributed by atoms with E-state index in [-0.39, 0.29) is 0 Å². The van der Waals surface area contributed by atoms with Gasteiger partial charge in [0, 0.05) is 21.1 Å². The number of carboxylic acids is 2. The van der Waals surface area contributed by atoms with E-state index in [4.69, 9.17) is 45.0 Å². The highest BCUT2D eigenvalue weighted by Crippen LogP contribution is 2.14. The van der Waals surface area contributed by atoms with Gasteiger partial charge in [0.15, 0.2) is 0 Å². The summed E-state index contributed by atoms with van der Waals surface area (Å²) in [5.74, 6) is -1.66. The van der Waals surface area contributed by atoms with Gasteiger partial charge in [-0.05, 0) is 115 Å². The average Bonchev–Trinajstić information content (AvgIpc) is 2.93. The molecule has 3 atom stereocenters. The van der Waals surface area contributed by atoms with Gasteiger partial charge in [0.2, 0.25) is 0 Å². The Hall–Kier alpha value is -2.65. The molecule has 3 N–H and O–H groups in total. The second-order valence-corrected chi connectivity index (χ2v) is 11.6. The number of nitrogens with zero attached hydrogens (tertiary/aromatic N) is 2. The monoisotopic (exact) mass is 637 g/mol.